The Morgan fingerprint density at radius 1 is 1.56 bits per heavy atom. The molecule has 1 saturated carbocycles. The van der Waals surface area contributed by atoms with Crippen molar-refractivity contribution in [2.75, 3.05) is 13.6 Å². The summed E-state index contributed by atoms with van der Waals surface area (Å²) in [6.45, 7) is 2.28. The fraction of sp³-hybridized carbons (Fsp3) is 0.615. The van der Waals surface area contributed by atoms with Crippen molar-refractivity contribution in [1.29, 1.82) is 0 Å². The number of hydrogen-bond donors (Lipinski definition) is 1. The van der Waals surface area contributed by atoms with Crippen molar-refractivity contribution in [3.63, 3.8) is 0 Å². The highest BCUT2D eigenvalue weighted by molar-refractivity contribution is 7.13. The van der Waals surface area contributed by atoms with Gasteiger partial charge in [0, 0.05) is 13.6 Å². The molecular weight excluding hydrogens is 270 g/mol. The molecule has 18 heavy (non-hydrogen) atoms. The number of hydrogen-bond acceptors (Lipinski definition) is 3. The van der Waals surface area contributed by atoms with Gasteiger partial charge in [0.2, 0.25) is 0 Å². The molecule has 3 nitrogen and oxygen atoms in total. The fourth-order valence-electron chi connectivity index (χ4n) is 2.45. The lowest BCUT2D eigenvalue weighted by atomic mass is 10.0. The van der Waals surface area contributed by atoms with Gasteiger partial charge >= 0.3 is 0 Å². The zero-order valence-corrected chi connectivity index (χ0v) is 12.3. The van der Waals surface area contributed by atoms with E-state index in [0.29, 0.717) is 16.4 Å². The van der Waals surface area contributed by atoms with Crippen LogP contribution in [0.4, 0.5) is 0 Å². The molecule has 0 atom stereocenters. The van der Waals surface area contributed by atoms with Crippen LogP contribution < -0.4 is 0 Å². The van der Waals surface area contributed by atoms with Gasteiger partial charge in [-0.15, -0.1) is 11.3 Å². The Morgan fingerprint density at radius 3 is 2.67 bits per heavy atom. The molecule has 5 heteroatoms. The average molecular weight is 288 g/mol. The van der Waals surface area contributed by atoms with Crippen molar-refractivity contribution in [1.82, 2.24) is 4.90 Å². The van der Waals surface area contributed by atoms with Crippen LogP contribution in [0.15, 0.2) is 5.38 Å². The summed E-state index contributed by atoms with van der Waals surface area (Å²) in [4.78, 5) is 14.4. The Balaban J connectivity index is 2.07. The molecule has 1 heterocycles. The predicted octanol–water partition coefficient (Wildman–Crippen LogP) is 3.09. The van der Waals surface area contributed by atoms with Crippen LogP contribution in [0.25, 0.3) is 0 Å². The Hall–Kier alpha value is -0.580. The first-order valence-corrected chi connectivity index (χ1v) is 7.40. The minimum absolute atomic E-state index is 0.0987. The van der Waals surface area contributed by atoms with Gasteiger partial charge in [-0.1, -0.05) is 24.4 Å². The van der Waals surface area contributed by atoms with E-state index < -0.39 is 5.60 Å². The summed E-state index contributed by atoms with van der Waals surface area (Å²) < 4.78 is 0. The van der Waals surface area contributed by atoms with E-state index in [9.17, 15) is 9.90 Å². The maximum absolute atomic E-state index is 12.2. The number of aliphatic hydroxyl groups is 1. The first kappa shape index (κ1) is 13.8. The Labute approximate surface area is 116 Å². The zero-order chi connectivity index (χ0) is 13.3. The first-order valence-electron chi connectivity index (χ1n) is 6.14. The van der Waals surface area contributed by atoms with Crippen molar-refractivity contribution in [2.45, 2.75) is 38.2 Å². The Morgan fingerprint density at radius 2 is 2.17 bits per heavy atom. The molecule has 0 radical (unpaired) electrons. The summed E-state index contributed by atoms with van der Waals surface area (Å²) in [5.74, 6) is -0.0987. The molecule has 100 valence electrons. The summed E-state index contributed by atoms with van der Waals surface area (Å²) in [6, 6.07) is 0. The van der Waals surface area contributed by atoms with Crippen molar-refractivity contribution < 1.29 is 9.90 Å². The molecular formula is C13H18ClNO2S. The van der Waals surface area contributed by atoms with E-state index >= 15 is 0 Å². The number of carbonyl (C=O) groups excluding carboxylic acids is 1. The van der Waals surface area contributed by atoms with Crippen LogP contribution in [-0.2, 0) is 0 Å². The van der Waals surface area contributed by atoms with Gasteiger partial charge in [-0.2, -0.15) is 0 Å². The normalized spacial score (nSPS) is 18.0. The lowest BCUT2D eigenvalue weighted by Crippen LogP contribution is -2.41. The number of carbonyl (C=O) groups is 1. The standard InChI is InChI=1S/C13H18ClNO2S/c1-9-7-18-11(10(9)14)12(16)15(2)8-13(17)5-3-4-6-13/h7,17H,3-6,8H2,1-2H3. The predicted molar refractivity (Wildman–Crippen MR) is 74.4 cm³/mol. The fourth-order valence-corrected chi connectivity index (χ4v) is 3.72. The Kier molecular flexibility index (Phi) is 3.99. The summed E-state index contributed by atoms with van der Waals surface area (Å²) in [6.07, 6.45) is 3.64. The van der Waals surface area contributed by atoms with E-state index in [1.807, 2.05) is 12.3 Å². The van der Waals surface area contributed by atoms with Crippen LogP contribution in [0.1, 0.15) is 40.9 Å². The van der Waals surface area contributed by atoms with E-state index in [4.69, 9.17) is 11.6 Å². The van der Waals surface area contributed by atoms with Crippen molar-refractivity contribution in [3.8, 4) is 0 Å². The second-order valence-electron chi connectivity index (χ2n) is 5.15. The zero-order valence-electron chi connectivity index (χ0n) is 10.7. The van der Waals surface area contributed by atoms with Crippen LogP contribution in [0.3, 0.4) is 0 Å². The van der Waals surface area contributed by atoms with Gasteiger partial charge in [0.25, 0.3) is 5.91 Å². The third kappa shape index (κ3) is 2.71. The van der Waals surface area contributed by atoms with Gasteiger partial charge in [0.15, 0.2) is 0 Å². The Bertz CT molecular complexity index is 452. The van der Waals surface area contributed by atoms with Gasteiger partial charge in [-0.3, -0.25) is 4.79 Å². The molecule has 0 unspecified atom stereocenters. The molecule has 1 fully saturated rings. The largest absolute Gasteiger partial charge is 0.388 e. The van der Waals surface area contributed by atoms with E-state index in [1.165, 1.54) is 11.3 Å². The quantitative estimate of drug-likeness (QED) is 0.928. The highest BCUT2D eigenvalue weighted by atomic mass is 35.5. The molecule has 1 N–H and O–H groups in total. The molecule has 0 aliphatic heterocycles. The summed E-state index contributed by atoms with van der Waals surface area (Å²) in [7, 11) is 1.73. The van der Waals surface area contributed by atoms with Crippen LogP contribution in [0.5, 0.6) is 0 Å². The monoisotopic (exact) mass is 287 g/mol. The second-order valence-corrected chi connectivity index (χ2v) is 6.41. The number of thiophene rings is 1. The van der Waals surface area contributed by atoms with E-state index in [2.05, 4.69) is 0 Å². The number of nitrogens with zero attached hydrogens (tertiary/aromatic N) is 1. The maximum atomic E-state index is 12.2. The molecule has 1 aliphatic rings. The van der Waals surface area contributed by atoms with Gasteiger partial charge in [-0.05, 0) is 30.7 Å². The summed E-state index contributed by atoms with van der Waals surface area (Å²) >= 11 is 7.46. The smallest absolute Gasteiger partial charge is 0.265 e. The van der Waals surface area contributed by atoms with Gasteiger partial charge < -0.3 is 10.0 Å². The maximum Gasteiger partial charge on any atom is 0.265 e. The van der Waals surface area contributed by atoms with Gasteiger partial charge in [-0.25, -0.2) is 0 Å². The van der Waals surface area contributed by atoms with Crippen molar-refractivity contribution in [2.24, 2.45) is 0 Å². The van der Waals surface area contributed by atoms with E-state index in [-0.39, 0.29) is 5.91 Å². The molecule has 0 bridgehead atoms. The molecule has 0 saturated heterocycles. The molecule has 1 aliphatic carbocycles. The number of halogens is 1. The summed E-state index contributed by atoms with van der Waals surface area (Å²) in [5.41, 5.74) is 0.224. The molecule has 1 aromatic rings. The van der Waals surface area contributed by atoms with E-state index in [1.54, 1.807) is 11.9 Å². The lowest BCUT2D eigenvalue weighted by molar-refractivity contribution is 0.0158. The van der Waals surface area contributed by atoms with Crippen molar-refractivity contribution >= 4 is 28.8 Å². The van der Waals surface area contributed by atoms with Crippen molar-refractivity contribution in [3.05, 3.63) is 20.8 Å². The molecule has 1 amide bonds. The number of likely N-dealkylation sites (N-methyl/N-ethyl adjacent to an activating group) is 1. The minimum Gasteiger partial charge on any atom is -0.388 e. The summed E-state index contributed by atoms with van der Waals surface area (Å²) in [5, 5.41) is 12.7. The van der Waals surface area contributed by atoms with Gasteiger partial charge in [0.05, 0.1) is 10.6 Å². The van der Waals surface area contributed by atoms with Crippen LogP contribution >= 0.6 is 22.9 Å². The van der Waals surface area contributed by atoms with Crippen LogP contribution in [-0.4, -0.2) is 35.1 Å². The number of aryl methyl sites for hydroxylation is 1. The number of rotatable bonds is 3. The van der Waals surface area contributed by atoms with Gasteiger partial charge in [0.1, 0.15) is 4.88 Å². The first-order chi connectivity index (χ1) is 8.43. The van der Waals surface area contributed by atoms with E-state index in [0.717, 1.165) is 31.2 Å². The van der Waals surface area contributed by atoms with Crippen LogP contribution in [0.2, 0.25) is 5.02 Å². The highest BCUT2D eigenvalue weighted by Crippen LogP contribution is 2.32. The molecule has 0 aromatic carbocycles. The molecule has 1 aromatic heterocycles. The molecule has 0 spiro atoms. The van der Waals surface area contributed by atoms with Crippen LogP contribution in [0, 0.1) is 6.92 Å². The number of amides is 1. The topological polar surface area (TPSA) is 40.5 Å². The lowest BCUT2D eigenvalue weighted by Gasteiger charge is -2.28. The SMILES string of the molecule is Cc1csc(C(=O)N(C)CC2(O)CCCC2)c1Cl. The molecule has 2 rings (SSSR count). The average Bonchev–Trinajstić information content (AvgIpc) is 2.87. The highest BCUT2D eigenvalue weighted by Gasteiger charge is 2.34. The third-order valence-corrected chi connectivity index (χ3v) is 5.19. The third-order valence-electron chi connectivity index (χ3n) is 3.51. The second kappa shape index (κ2) is 5.19. The minimum atomic E-state index is -0.705.